The smallest absolute Gasteiger partial charge is 0.255 e. The number of benzene rings is 1. The Kier molecular flexibility index (Phi) is 9.34. The average Bonchev–Trinajstić information content (AvgIpc) is 3.23. The van der Waals surface area contributed by atoms with Crippen molar-refractivity contribution in [3.8, 4) is 11.5 Å². The normalized spacial score (nSPS) is 11.1. The second kappa shape index (κ2) is 12.4. The molecule has 2 heterocycles. The molecule has 3 aromatic rings. The van der Waals surface area contributed by atoms with E-state index in [0.717, 1.165) is 11.2 Å². The van der Waals surface area contributed by atoms with Crippen LogP contribution in [0.25, 0.3) is 11.0 Å². The summed E-state index contributed by atoms with van der Waals surface area (Å²) in [6, 6.07) is 5.20. The number of carbonyl (C=O) groups excluding carboxylic acids is 1. The predicted molar refractivity (Wildman–Crippen MR) is 133 cm³/mol. The number of hydrogen-bond acceptors (Lipinski definition) is 9. The predicted octanol–water partition coefficient (Wildman–Crippen LogP) is 3.22. The molecule has 0 unspecified atom stereocenters. The number of para-hydroxylation sites is 1. The standard InChI is InChI=1S/C23H32N6O4S/c1-6-33-13-11-24-20-17-14-26-29(21(17)28-23(27-20)34-15(2)3)12-10-25-22(30)16-8-7-9-18(31-4)19(16)32-5/h7-9,14-15H,6,10-13H2,1-5H3,(H,25,30)(H,24,27,28). The molecular weight excluding hydrogens is 456 g/mol. The lowest BCUT2D eigenvalue weighted by Gasteiger charge is -2.13. The molecule has 0 spiro atoms. The van der Waals surface area contributed by atoms with E-state index in [-0.39, 0.29) is 5.91 Å². The van der Waals surface area contributed by atoms with Gasteiger partial charge >= 0.3 is 0 Å². The largest absolute Gasteiger partial charge is 0.493 e. The van der Waals surface area contributed by atoms with Gasteiger partial charge in [0.25, 0.3) is 5.91 Å². The number of nitrogens with zero attached hydrogens (tertiary/aromatic N) is 4. The summed E-state index contributed by atoms with van der Waals surface area (Å²) in [7, 11) is 3.05. The van der Waals surface area contributed by atoms with E-state index in [2.05, 4.69) is 34.6 Å². The van der Waals surface area contributed by atoms with Gasteiger partial charge in [-0.1, -0.05) is 31.7 Å². The molecule has 0 radical (unpaired) electrons. The van der Waals surface area contributed by atoms with Gasteiger partial charge in [0.05, 0.1) is 44.5 Å². The molecule has 0 saturated heterocycles. The van der Waals surface area contributed by atoms with Gasteiger partial charge < -0.3 is 24.8 Å². The highest BCUT2D eigenvalue weighted by atomic mass is 32.2. The number of aromatic nitrogens is 4. The number of carbonyl (C=O) groups is 1. The molecule has 3 rings (SSSR count). The Labute approximate surface area is 203 Å². The van der Waals surface area contributed by atoms with Crippen LogP contribution in [0.1, 0.15) is 31.1 Å². The molecule has 10 nitrogen and oxygen atoms in total. The lowest BCUT2D eigenvalue weighted by molar-refractivity contribution is 0.0948. The zero-order valence-electron chi connectivity index (χ0n) is 20.3. The first-order chi connectivity index (χ1) is 16.5. The molecule has 1 amide bonds. The molecular formula is C23H32N6O4S. The number of ether oxygens (including phenoxy) is 3. The van der Waals surface area contributed by atoms with Crippen molar-refractivity contribution in [1.29, 1.82) is 0 Å². The molecule has 1 aromatic carbocycles. The minimum Gasteiger partial charge on any atom is -0.493 e. The highest BCUT2D eigenvalue weighted by molar-refractivity contribution is 7.99. The summed E-state index contributed by atoms with van der Waals surface area (Å²) < 4.78 is 17.8. The maximum atomic E-state index is 12.8. The Hall–Kier alpha value is -3.05. The molecule has 0 fully saturated rings. The first kappa shape index (κ1) is 25.6. The van der Waals surface area contributed by atoms with Gasteiger partial charge in [-0.2, -0.15) is 5.10 Å². The van der Waals surface area contributed by atoms with E-state index in [1.165, 1.54) is 14.2 Å². The summed E-state index contributed by atoms with van der Waals surface area (Å²) in [5.41, 5.74) is 1.12. The highest BCUT2D eigenvalue weighted by Crippen LogP contribution is 2.30. The summed E-state index contributed by atoms with van der Waals surface area (Å²) in [4.78, 5) is 22.1. The van der Waals surface area contributed by atoms with Gasteiger partial charge in [-0.15, -0.1) is 0 Å². The van der Waals surface area contributed by atoms with Gasteiger partial charge in [-0.25, -0.2) is 14.6 Å². The molecule has 2 aromatic heterocycles. The van der Waals surface area contributed by atoms with Crippen LogP contribution < -0.4 is 20.1 Å². The van der Waals surface area contributed by atoms with E-state index in [0.29, 0.717) is 66.0 Å². The number of amides is 1. The maximum absolute atomic E-state index is 12.8. The van der Waals surface area contributed by atoms with Crippen LogP contribution in [0.3, 0.4) is 0 Å². The summed E-state index contributed by atoms with van der Waals surface area (Å²) in [6.45, 7) is 8.86. The first-order valence-electron chi connectivity index (χ1n) is 11.2. The van der Waals surface area contributed by atoms with E-state index < -0.39 is 0 Å². The van der Waals surface area contributed by atoms with Crippen LogP contribution >= 0.6 is 11.8 Å². The van der Waals surface area contributed by atoms with E-state index in [9.17, 15) is 4.79 Å². The number of hydrogen-bond donors (Lipinski definition) is 2. The Bertz CT molecular complexity index is 1100. The van der Waals surface area contributed by atoms with Crippen LogP contribution in [-0.2, 0) is 11.3 Å². The Balaban J connectivity index is 1.75. The monoisotopic (exact) mass is 488 g/mol. The van der Waals surface area contributed by atoms with E-state index in [1.54, 1.807) is 40.8 Å². The molecule has 2 N–H and O–H groups in total. The summed E-state index contributed by atoms with van der Waals surface area (Å²) in [5.74, 6) is 1.38. The van der Waals surface area contributed by atoms with Crippen LogP contribution in [-0.4, -0.2) is 71.4 Å². The Morgan fingerprint density at radius 3 is 2.71 bits per heavy atom. The van der Waals surface area contributed by atoms with E-state index in [1.807, 2.05) is 6.92 Å². The van der Waals surface area contributed by atoms with Crippen molar-refractivity contribution in [3.05, 3.63) is 30.0 Å². The molecule has 34 heavy (non-hydrogen) atoms. The average molecular weight is 489 g/mol. The molecule has 11 heteroatoms. The number of anilines is 1. The van der Waals surface area contributed by atoms with E-state index >= 15 is 0 Å². The first-order valence-corrected chi connectivity index (χ1v) is 12.1. The van der Waals surface area contributed by atoms with Gasteiger partial charge in [0.1, 0.15) is 5.82 Å². The van der Waals surface area contributed by atoms with Crippen molar-refractivity contribution in [2.24, 2.45) is 0 Å². The lowest BCUT2D eigenvalue weighted by Crippen LogP contribution is -2.28. The second-order valence-electron chi connectivity index (χ2n) is 7.55. The zero-order valence-corrected chi connectivity index (χ0v) is 21.1. The lowest BCUT2D eigenvalue weighted by atomic mass is 10.1. The van der Waals surface area contributed by atoms with Crippen molar-refractivity contribution in [2.45, 2.75) is 37.7 Å². The number of methoxy groups -OCH3 is 2. The van der Waals surface area contributed by atoms with Crippen molar-refractivity contribution < 1.29 is 19.0 Å². The third-order valence-electron chi connectivity index (χ3n) is 4.82. The molecule has 0 aliphatic rings. The molecule has 0 atom stereocenters. The SMILES string of the molecule is CCOCCNc1nc(SC(C)C)nc2c1cnn2CCNC(=O)c1cccc(OC)c1OC. The van der Waals surface area contributed by atoms with Crippen molar-refractivity contribution >= 4 is 34.5 Å². The van der Waals surface area contributed by atoms with Crippen LogP contribution in [0.4, 0.5) is 5.82 Å². The minimum atomic E-state index is -0.254. The molecule has 0 saturated carbocycles. The van der Waals surface area contributed by atoms with Crippen molar-refractivity contribution in [3.63, 3.8) is 0 Å². The number of thioether (sulfide) groups is 1. The van der Waals surface area contributed by atoms with Crippen LogP contribution in [0.15, 0.2) is 29.6 Å². The summed E-state index contributed by atoms with van der Waals surface area (Å²) >= 11 is 1.59. The maximum Gasteiger partial charge on any atom is 0.255 e. The fourth-order valence-corrected chi connectivity index (χ4v) is 4.02. The Morgan fingerprint density at radius 2 is 2.00 bits per heavy atom. The number of rotatable bonds is 13. The van der Waals surface area contributed by atoms with Crippen molar-refractivity contribution in [2.75, 3.05) is 45.8 Å². The third kappa shape index (κ3) is 6.29. The second-order valence-corrected chi connectivity index (χ2v) is 9.09. The topological polar surface area (TPSA) is 112 Å². The quantitative estimate of drug-likeness (QED) is 0.213. The van der Waals surface area contributed by atoms with Crippen LogP contribution in [0.5, 0.6) is 11.5 Å². The van der Waals surface area contributed by atoms with E-state index in [4.69, 9.17) is 19.2 Å². The minimum absolute atomic E-state index is 0.254. The fourth-order valence-electron chi connectivity index (χ4n) is 3.32. The molecule has 0 aliphatic heterocycles. The number of nitrogens with one attached hydrogen (secondary N) is 2. The molecule has 0 aliphatic carbocycles. The van der Waals surface area contributed by atoms with Gasteiger partial charge in [0.2, 0.25) is 0 Å². The van der Waals surface area contributed by atoms with Gasteiger partial charge in [-0.05, 0) is 19.1 Å². The zero-order chi connectivity index (χ0) is 24.5. The summed E-state index contributed by atoms with van der Waals surface area (Å²) in [6.07, 6.45) is 1.75. The van der Waals surface area contributed by atoms with Gasteiger partial charge in [0, 0.05) is 24.9 Å². The van der Waals surface area contributed by atoms with Gasteiger partial charge in [-0.3, -0.25) is 4.79 Å². The van der Waals surface area contributed by atoms with Gasteiger partial charge in [0.15, 0.2) is 22.3 Å². The fraction of sp³-hybridized carbons (Fsp3) is 0.478. The molecule has 184 valence electrons. The third-order valence-corrected chi connectivity index (χ3v) is 5.68. The molecule has 0 bridgehead atoms. The van der Waals surface area contributed by atoms with Crippen LogP contribution in [0, 0.1) is 0 Å². The Morgan fingerprint density at radius 1 is 1.18 bits per heavy atom. The number of fused-ring (bicyclic) bond motifs is 1. The van der Waals surface area contributed by atoms with Crippen LogP contribution in [0.2, 0.25) is 0 Å². The highest BCUT2D eigenvalue weighted by Gasteiger charge is 2.17. The summed E-state index contributed by atoms with van der Waals surface area (Å²) in [5, 5.41) is 12.6. The van der Waals surface area contributed by atoms with Crippen molar-refractivity contribution in [1.82, 2.24) is 25.1 Å².